The van der Waals surface area contributed by atoms with E-state index in [1.54, 1.807) is 12.1 Å². The molecule has 1 aromatic carbocycles. The van der Waals surface area contributed by atoms with Gasteiger partial charge in [-0.05, 0) is 11.6 Å². The third-order valence-corrected chi connectivity index (χ3v) is 2.59. The topological polar surface area (TPSA) is 86.3 Å². The van der Waals surface area contributed by atoms with E-state index in [0.29, 0.717) is 11.1 Å². The van der Waals surface area contributed by atoms with E-state index in [2.05, 4.69) is 0 Å². The first-order chi connectivity index (χ1) is 7.59. The van der Waals surface area contributed by atoms with E-state index < -0.39 is 9.85 Å². The summed E-state index contributed by atoms with van der Waals surface area (Å²) in [5, 5.41) is 21.3. The molecular formula is C10H8N2O4. The van der Waals surface area contributed by atoms with Gasteiger partial charge < -0.3 is 0 Å². The lowest BCUT2D eigenvalue weighted by Crippen LogP contribution is -2.11. The average molecular weight is 220 g/mol. The smallest absolute Gasteiger partial charge is 0.259 e. The molecule has 0 spiro atoms. The van der Waals surface area contributed by atoms with E-state index in [4.69, 9.17) is 0 Å². The van der Waals surface area contributed by atoms with Crippen LogP contribution < -0.4 is 0 Å². The first kappa shape index (κ1) is 10.3. The van der Waals surface area contributed by atoms with E-state index in [0.717, 1.165) is 0 Å². The molecular weight excluding hydrogens is 212 g/mol. The van der Waals surface area contributed by atoms with Gasteiger partial charge in [0.25, 0.3) is 5.69 Å². The van der Waals surface area contributed by atoms with Crippen LogP contribution in [0.1, 0.15) is 11.1 Å². The summed E-state index contributed by atoms with van der Waals surface area (Å²) in [4.78, 5) is 20.4. The van der Waals surface area contributed by atoms with Gasteiger partial charge >= 0.3 is 0 Å². The summed E-state index contributed by atoms with van der Waals surface area (Å²) >= 11 is 0. The third-order valence-electron chi connectivity index (χ3n) is 2.59. The Bertz CT molecular complexity index is 508. The number of benzene rings is 1. The SMILES string of the molecule is O=[N+]([O-])C1=CCc2c(cccc2[N+](=O)[O-])C1. The van der Waals surface area contributed by atoms with Crippen LogP contribution in [0.25, 0.3) is 0 Å². The molecule has 0 unspecified atom stereocenters. The van der Waals surface area contributed by atoms with Crippen molar-refractivity contribution in [1.82, 2.24) is 0 Å². The molecule has 16 heavy (non-hydrogen) atoms. The molecule has 0 heterocycles. The van der Waals surface area contributed by atoms with Crippen molar-refractivity contribution in [2.45, 2.75) is 12.8 Å². The van der Waals surface area contributed by atoms with Gasteiger partial charge in [0.2, 0.25) is 5.70 Å². The van der Waals surface area contributed by atoms with Gasteiger partial charge in [0, 0.05) is 18.1 Å². The molecule has 0 saturated heterocycles. The van der Waals surface area contributed by atoms with Crippen LogP contribution in [-0.4, -0.2) is 9.85 Å². The van der Waals surface area contributed by atoms with E-state index in [9.17, 15) is 20.2 Å². The van der Waals surface area contributed by atoms with E-state index in [-0.39, 0.29) is 24.2 Å². The minimum atomic E-state index is -0.455. The summed E-state index contributed by atoms with van der Waals surface area (Å²) in [5.41, 5.74) is 1.39. The predicted molar refractivity (Wildman–Crippen MR) is 55.6 cm³/mol. The highest BCUT2D eigenvalue weighted by atomic mass is 16.6. The van der Waals surface area contributed by atoms with Gasteiger partial charge in [-0.25, -0.2) is 0 Å². The molecule has 0 atom stereocenters. The molecule has 82 valence electrons. The fourth-order valence-electron chi connectivity index (χ4n) is 1.82. The number of rotatable bonds is 2. The standard InChI is InChI=1S/C10H8N2O4/c13-11(14)8-4-5-9-7(6-8)2-1-3-10(9)12(15)16/h1-4H,5-6H2. The largest absolute Gasteiger partial charge is 0.273 e. The van der Waals surface area contributed by atoms with Gasteiger partial charge in [0.05, 0.1) is 16.3 Å². The van der Waals surface area contributed by atoms with Crippen LogP contribution in [0.3, 0.4) is 0 Å². The molecule has 0 fully saturated rings. The number of nitro groups is 2. The van der Waals surface area contributed by atoms with E-state index in [1.165, 1.54) is 12.1 Å². The lowest BCUT2D eigenvalue weighted by Gasteiger charge is -2.11. The molecule has 2 rings (SSSR count). The highest BCUT2D eigenvalue weighted by Crippen LogP contribution is 2.28. The molecule has 0 saturated carbocycles. The lowest BCUT2D eigenvalue weighted by atomic mass is 9.93. The number of hydrogen-bond donors (Lipinski definition) is 0. The summed E-state index contributed by atoms with van der Waals surface area (Å²) in [5.74, 6) is 0. The van der Waals surface area contributed by atoms with Crippen molar-refractivity contribution in [2.24, 2.45) is 0 Å². The quantitative estimate of drug-likeness (QED) is 0.562. The fourth-order valence-corrected chi connectivity index (χ4v) is 1.82. The van der Waals surface area contributed by atoms with Crippen LogP contribution in [0.5, 0.6) is 0 Å². The Morgan fingerprint density at radius 2 is 1.88 bits per heavy atom. The minimum absolute atomic E-state index is 0.0381. The Balaban J connectivity index is 2.44. The summed E-state index contributed by atoms with van der Waals surface area (Å²) in [6, 6.07) is 4.67. The Hall–Kier alpha value is -2.24. The molecule has 0 amide bonds. The number of nitro benzene ring substituents is 1. The average Bonchev–Trinajstić information content (AvgIpc) is 2.27. The monoisotopic (exact) mass is 220 g/mol. The minimum Gasteiger partial charge on any atom is -0.259 e. The summed E-state index contributed by atoms with van der Waals surface area (Å²) in [6.07, 6.45) is 1.85. The summed E-state index contributed by atoms with van der Waals surface area (Å²) < 4.78 is 0. The van der Waals surface area contributed by atoms with Crippen LogP contribution in [0.15, 0.2) is 30.0 Å². The molecule has 6 nitrogen and oxygen atoms in total. The number of nitrogens with zero attached hydrogens (tertiary/aromatic N) is 2. The van der Waals surface area contributed by atoms with Gasteiger partial charge in [0.1, 0.15) is 0 Å². The highest BCUT2D eigenvalue weighted by Gasteiger charge is 2.24. The second-order valence-corrected chi connectivity index (χ2v) is 3.51. The molecule has 0 aromatic heterocycles. The molecule has 1 aliphatic rings. The molecule has 1 aliphatic carbocycles. The molecule has 6 heteroatoms. The van der Waals surface area contributed by atoms with Crippen LogP contribution in [0.4, 0.5) is 5.69 Å². The van der Waals surface area contributed by atoms with Gasteiger partial charge in [0.15, 0.2) is 0 Å². The van der Waals surface area contributed by atoms with Crippen molar-refractivity contribution < 1.29 is 9.85 Å². The molecule has 1 aromatic rings. The molecule has 0 N–H and O–H groups in total. The van der Waals surface area contributed by atoms with Crippen molar-refractivity contribution >= 4 is 5.69 Å². The Morgan fingerprint density at radius 1 is 1.12 bits per heavy atom. The molecule has 0 bridgehead atoms. The zero-order valence-corrected chi connectivity index (χ0v) is 8.25. The number of allylic oxidation sites excluding steroid dienone is 2. The van der Waals surface area contributed by atoms with Crippen molar-refractivity contribution in [3.05, 3.63) is 61.3 Å². The number of fused-ring (bicyclic) bond motifs is 1. The van der Waals surface area contributed by atoms with Gasteiger partial charge in [-0.15, -0.1) is 0 Å². The maximum absolute atomic E-state index is 10.7. The first-order valence-electron chi connectivity index (χ1n) is 4.68. The normalized spacial score (nSPS) is 13.9. The Labute approximate surface area is 90.5 Å². The fraction of sp³-hybridized carbons (Fsp3) is 0.200. The van der Waals surface area contributed by atoms with Crippen LogP contribution in [0, 0.1) is 20.2 Å². The van der Waals surface area contributed by atoms with Crippen molar-refractivity contribution in [3.8, 4) is 0 Å². The van der Waals surface area contributed by atoms with E-state index >= 15 is 0 Å². The number of hydrogen-bond acceptors (Lipinski definition) is 4. The summed E-state index contributed by atoms with van der Waals surface area (Å²) in [7, 11) is 0. The second-order valence-electron chi connectivity index (χ2n) is 3.51. The van der Waals surface area contributed by atoms with Crippen LogP contribution in [-0.2, 0) is 12.8 Å². The van der Waals surface area contributed by atoms with Crippen molar-refractivity contribution in [3.63, 3.8) is 0 Å². The lowest BCUT2D eigenvalue weighted by molar-refractivity contribution is -0.427. The van der Waals surface area contributed by atoms with E-state index in [1.807, 2.05) is 0 Å². The highest BCUT2D eigenvalue weighted by molar-refractivity contribution is 5.49. The summed E-state index contributed by atoms with van der Waals surface area (Å²) in [6.45, 7) is 0. The Morgan fingerprint density at radius 3 is 2.50 bits per heavy atom. The van der Waals surface area contributed by atoms with Gasteiger partial charge in [-0.1, -0.05) is 12.1 Å². The second kappa shape index (κ2) is 3.73. The first-order valence-corrected chi connectivity index (χ1v) is 4.68. The maximum Gasteiger partial charge on any atom is 0.273 e. The zero-order valence-electron chi connectivity index (χ0n) is 8.25. The van der Waals surface area contributed by atoms with Crippen molar-refractivity contribution in [2.75, 3.05) is 0 Å². The molecule has 0 radical (unpaired) electrons. The van der Waals surface area contributed by atoms with Crippen LogP contribution in [0.2, 0.25) is 0 Å². The van der Waals surface area contributed by atoms with Crippen LogP contribution >= 0.6 is 0 Å². The van der Waals surface area contributed by atoms with Gasteiger partial charge in [-0.3, -0.25) is 20.2 Å². The predicted octanol–water partition coefficient (Wildman–Crippen LogP) is 1.85. The zero-order chi connectivity index (χ0) is 11.7. The van der Waals surface area contributed by atoms with Gasteiger partial charge in [-0.2, -0.15) is 0 Å². The maximum atomic E-state index is 10.7. The molecule has 0 aliphatic heterocycles. The third kappa shape index (κ3) is 1.65. The Kier molecular flexibility index (Phi) is 2.40. The van der Waals surface area contributed by atoms with Crippen molar-refractivity contribution in [1.29, 1.82) is 0 Å².